The molecule has 1 aliphatic rings. The first-order chi connectivity index (χ1) is 6.13. The molecule has 1 rings (SSSR count). The Kier molecular flexibility index (Phi) is 2.25. The number of cyclic esters (lactones) is 1. The number of hydrogen-bond acceptors (Lipinski definition) is 3. The molecule has 1 aliphatic heterocycles. The summed E-state index contributed by atoms with van der Waals surface area (Å²) in [5, 5.41) is 0. The minimum absolute atomic E-state index is 0.459. The molecule has 0 spiro atoms. The number of halogens is 3. The maximum Gasteiger partial charge on any atom is 0.426 e. The molecule has 0 atom stereocenters. The molecule has 80 valence electrons. The molecule has 0 N–H and O–H groups in total. The molecule has 0 aliphatic carbocycles. The van der Waals surface area contributed by atoms with Crippen LogP contribution in [0.25, 0.3) is 0 Å². The number of rotatable bonds is 0. The average Bonchev–Trinajstić information content (AvgIpc) is 1.75. The number of esters is 1. The van der Waals surface area contributed by atoms with Crippen molar-refractivity contribution in [2.75, 3.05) is 0 Å². The summed E-state index contributed by atoms with van der Waals surface area (Å²) in [6.45, 7) is 3.81. The zero-order valence-electron chi connectivity index (χ0n) is 7.86. The van der Waals surface area contributed by atoms with Gasteiger partial charge in [-0.05, 0) is 6.92 Å². The number of carbonyl (C=O) groups is 1. The van der Waals surface area contributed by atoms with Crippen molar-refractivity contribution in [3.05, 3.63) is 11.3 Å². The quantitative estimate of drug-likeness (QED) is 0.574. The summed E-state index contributed by atoms with van der Waals surface area (Å²) in [6, 6.07) is 0. The van der Waals surface area contributed by atoms with Gasteiger partial charge in [0.1, 0.15) is 5.76 Å². The van der Waals surface area contributed by atoms with Crippen molar-refractivity contribution in [2.24, 2.45) is 0 Å². The van der Waals surface area contributed by atoms with Crippen molar-refractivity contribution in [3.63, 3.8) is 0 Å². The lowest BCUT2D eigenvalue weighted by atomic mass is 10.2. The predicted molar refractivity (Wildman–Crippen MR) is 40.0 cm³/mol. The molecule has 0 bridgehead atoms. The molecule has 0 saturated carbocycles. The number of alkyl halides is 3. The third-order valence-electron chi connectivity index (χ3n) is 1.58. The Balaban J connectivity index is 3.12. The van der Waals surface area contributed by atoms with Gasteiger partial charge in [0, 0.05) is 13.8 Å². The van der Waals surface area contributed by atoms with E-state index in [1.165, 1.54) is 13.8 Å². The van der Waals surface area contributed by atoms with Crippen LogP contribution in [0.3, 0.4) is 0 Å². The molecule has 0 amide bonds. The zero-order valence-corrected chi connectivity index (χ0v) is 7.86. The van der Waals surface area contributed by atoms with E-state index in [-0.39, 0.29) is 0 Å². The van der Waals surface area contributed by atoms with Gasteiger partial charge in [0.25, 0.3) is 0 Å². The van der Waals surface area contributed by atoms with Gasteiger partial charge in [-0.3, -0.25) is 0 Å². The van der Waals surface area contributed by atoms with Crippen LogP contribution in [-0.2, 0) is 14.3 Å². The van der Waals surface area contributed by atoms with E-state index in [0.29, 0.717) is 0 Å². The summed E-state index contributed by atoms with van der Waals surface area (Å²) >= 11 is 0. The Hall–Kier alpha value is -1.20. The lowest BCUT2D eigenvalue weighted by molar-refractivity contribution is -0.218. The predicted octanol–water partition coefficient (Wildman–Crippen LogP) is 2.13. The molecule has 0 radical (unpaired) electrons. The molecule has 0 fully saturated rings. The van der Waals surface area contributed by atoms with Crippen LogP contribution < -0.4 is 0 Å². The van der Waals surface area contributed by atoms with E-state index in [9.17, 15) is 18.0 Å². The molecular weight excluding hydrogens is 201 g/mol. The van der Waals surface area contributed by atoms with Gasteiger partial charge in [-0.1, -0.05) is 0 Å². The second-order valence-corrected chi connectivity index (χ2v) is 3.32. The number of hydrogen-bond donors (Lipinski definition) is 0. The van der Waals surface area contributed by atoms with Crippen LogP contribution in [-0.4, -0.2) is 17.9 Å². The van der Waals surface area contributed by atoms with Crippen LogP contribution in [0.2, 0.25) is 0 Å². The van der Waals surface area contributed by atoms with E-state index in [0.717, 1.165) is 6.92 Å². The topological polar surface area (TPSA) is 35.5 Å². The molecule has 3 nitrogen and oxygen atoms in total. The van der Waals surface area contributed by atoms with E-state index in [1.807, 2.05) is 0 Å². The fourth-order valence-corrected chi connectivity index (χ4v) is 1.17. The Morgan fingerprint density at radius 2 is 1.71 bits per heavy atom. The lowest BCUT2D eigenvalue weighted by Gasteiger charge is -2.32. The Morgan fingerprint density at radius 1 is 1.21 bits per heavy atom. The second kappa shape index (κ2) is 2.90. The van der Waals surface area contributed by atoms with Gasteiger partial charge in [-0.2, -0.15) is 13.2 Å². The number of allylic oxidation sites excluding steroid dienone is 1. The number of carbonyl (C=O) groups excluding carboxylic acids is 1. The maximum atomic E-state index is 12.3. The van der Waals surface area contributed by atoms with Crippen molar-refractivity contribution >= 4 is 5.97 Å². The van der Waals surface area contributed by atoms with E-state index in [2.05, 4.69) is 4.74 Å². The average molecular weight is 210 g/mol. The van der Waals surface area contributed by atoms with Crippen LogP contribution in [0, 0.1) is 0 Å². The summed E-state index contributed by atoms with van der Waals surface area (Å²) in [7, 11) is 0. The fourth-order valence-electron chi connectivity index (χ4n) is 1.17. The van der Waals surface area contributed by atoms with Gasteiger partial charge in [-0.25, -0.2) is 4.79 Å². The molecule has 0 aromatic heterocycles. The van der Waals surface area contributed by atoms with Crippen LogP contribution in [0.5, 0.6) is 0 Å². The second-order valence-electron chi connectivity index (χ2n) is 3.32. The van der Waals surface area contributed by atoms with Crippen molar-refractivity contribution in [2.45, 2.75) is 32.7 Å². The van der Waals surface area contributed by atoms with Crippen molar-refractivity contribution in [1.82, 2.24) is 0 Å². The smallest absolute Gasteiger partial charge is 0.426 e. The molecule has 6 heteroatoms. The van der Waals surface area contributed by atoms with E-state index in [4.69, 9.17) is 4.74 Å². The highest BCUT2D eigenvalue weighted by atomic mass is 19.4. The maximum absolute atomic E-state index is 12.3. The van der Waals surface area contributed by atoms with Gasteiger partial charge < -0.3 is 9.47 Å². The first kappa shape index (κ1) is 10.9. The normalized spacial score (nSPS) is 21.7. The molecule has 0 aromatic rings. The van der Waals surface area contributed by atoms with Crippen LogP contribution in [0.4, 0.5) is 13.2 Å². The largest absolute Gasteiger partial charge is 0.457 e. The highest BCUT2D eigenvalue weighted by Gasteiger charge is 2.48. The highest BCUT2D eigenvalue weighted by Crippen LogP contribution is 2.35. The van der Waals surface area contributed by atoms with E-state index < -0.39 is 29.3 Å². The Bertz CT molecular complexity index is 301. The van der Waals surface area contributed by atoms with Gasteiger partial charge >= 0.3 is 12.1 Å². The molecule has 14 heavy (non-hydrogen) atoms. The fraction of sp³-hybridized carbons (Fsp3) is 0.625. The van der Waals surface area contributed by atoms with E-state index in [1.54, 1.807) is 0 Å². The third kappa shape index (κ3) is 2.00. The Labute approximate surface area is 78.5 Å². The minimum Gasteiger partial charge on any atom is -0.457 e. The molecule has 0 aromatic carbocycles. The summed E-state index contributed by atoms with van der Waals surface area (Å²) < 4.78 is 46.0. The molecule has 1 heterocycles. The van der Waals surface area contributed by atoms with Crippen molar-refractivity contribution in [1.29, 1.82) is 0 Å². The first-order valence-electron chi connectivity index (χ1n) is 3.84. The SMILES string of the molecule is CC1=C(C(F)(F)F)C(=O)OC(C)(C)O1. The first-order valence-corrected chi connectivity index (χ1v) is 3.84. The number of ether oxygens (including phenoxy) is 2. The van der Waals surface area contributed by atoms with Gasteiger partial charge in [0.2, 0.25) is 5.79 Å². The van der Waals surface area contributed by atoms with Gasteiger partial charge in [-0.15, -0.1) is 0 Å². The minimum atomic E-state index is -4.74. The van der Waals surface area contributed by atoms with Crippen LogP contribution in [0.1, 0.15) is 20.8 Å². The summed E-state index contributed by atoms with van der Waals surface area (Å²) in [5.41, 5.74) is -1.38. The molecule has 0 saturated heterocycles. The standard InChI is InChI=1S/C8H9F3O3/c1-4-5(8(9,10)11)6(12)14-7(2,3)13-4/h1-3H3. The summed E-state index contributed by atoms with van der Waals surface area (Å²) in [6.07, 6.45) is -4.74. The highest BCUT2D eigenvalue weighted by molar-refractivity contribution is 5.91. The van der Waals surface area contributed by atoms with E-state index >= 15 is 0 Å². The molecular formula is C8H9F3O3. The van der Waals surface area contributed by atoms with Gasteiger partial charge in [0.05, 0.1) is 0 Å². The summed E-state index contributed by atoms with van der Waals surface area (Å²) in [4.78, 5) is 11.0. The van der Waals surface area contributed by atoms with Crippen molar-refractivity contribution < 1.29 is 27.4 Å². The Morgan fingerprint density at radius 3 is 2.07 bits per heavy atom. The van der Waals surface area contributed by atoms with Crippen LogP contribution in [0.15, 0.2) is 11.3 Å². The zero-order chi connectivity index (χ0) is 11.1. The lowest BCUT2D eigenvalue weighted by Crippen LogP contribution is -2.40. The van der Waals surface area contributed by atoms with Crippen LogP contribution >= 0.6 is 0 Å². The van der Waals surface area contributed by atoms with Gasteiger partial charge in [0.15, 0.2) is 5.57 Å². The van der Waals surface area contributed by atoms with Crippen molar-refractivity contribution in [3.8, 4) is 0 Å². The summed E-state index contributed by atoms with van der Waals surface area (Å²) in [5.74, 6) is -3.19. The molecule has 0 unspecified atom stereocenters. The third-order valence-corrected chi connectivity index (χ3v) is 1.58. The monoisotopic (exact) mass is 210 g/mol.